The van der Waals surface area contributed by atoms with Gasteiger partial charge < -0.3 is 15.5 Å². The molecule has 4 heteroatoms. The molecule has 0 fully saturated rings. The molecule has 0 saturated carbocycles. The zero-order valence-electron chi connectivity index (χ0n) is 10.7. The second kappa shape index (κ2) is 7.84. The van der Waals surface area contributed by atoms with E-state index < -0.39 is 5.97 Å². The molecule has 0 heterocycles. The van der Waals surface area contributed by atoms with Gasteiger partial charge in [-0.25, -0.2) is 0 Å². The number of benzene rings is 1. The van der Waals surface area contributed by atoms with E-state index >= 15 is 0 Å². The van der Waals surface area contributed by atoms with Crippen molar-refractivity contribution in [3.63, 3.8) is 0 Å². The molecular weight excluding hydrogens is 230 g/mol. The fourth-order valence-electron chi connectivity index (χ4n) is 1.81. The Morgan fingerprint density at radius 3 is 2.61 bits per heavy atom. The summed E-state index contributed by atoms with van der Waals surface area (Å²) in [5, 5.41) is 21.2. The van der Waals surface area contributed by atoms with E-state index in [1.165, 1.54) is 0 Å². The molecule has 0 spiro atoms. The number of carbonyl (C=O) groups is 1. The largest absolute Gasteiger partial charge is 0.481 e. The van der Waals surface area contributed by atoms with Crippen LogP contribution in [-0.4, -0.2) is 28.8 Å². The van der Waals surface area contributed by atoms with E-state index in [9.17, 15) is 4.79 Å². The molecule has 0 amide bonds. The number of hydrogen-bond donors (Lipinski definition) is 3. The molecule has 1 atom stereocenters. The molecular formula is C14H21NO3. The molecule has 0 aromatic heterocycles. The van der Waals surface area contributed by atoms with Crippen molar-refractivity contribution in [1.29, 1.82) is 0 Å². The maximum atomic E-state index is 10.7. The van der Waals surface area contributed by atoms with Crippen LogP contribution in [0.5, 0.6) is 0 Å². The average molecular weight is 251 g/mol. The van der Waals surface area contributed by atoms with Gasteiger partial charge in [0.2, 0.25) is 0 Å². The highest BCUT2D eigenvalue weighted by molar-refractivity contribution is 5.70. The van der Waals surface area contributed by atoms with Crippen LogP contribution in [0.15, 0.2) is 24.3 Å². The Morgan fingerprint density at radius 1 is 1.33 bits per heavy atom. The lowest BCUT2D eigenvalue weighted by molar-refractivity contribution is -0.136. The second-order valence-electron chi connectivity index (χ2n) is 4.51. The third-order valence-electron chi connectivity index (χ3n) is 2.75. The van der Waals surface area contributed by atoms with Crippen LogP contribution in [0.4, 0.5) is 0 Å². The third kappa shape index (κ3) is 5.80. The van der Waals surface area contributed by atoms with E-state index in [0.717, 1.165) is 30.5 Å². The van der Waals surface area contributed by atoms with Gasteiger partial charge in [-0.2, -0.15) is 0 Å². The summed E-state index contributed by atoms with van der Waals surface area (Å²) in [6.07, 6.45) is 1.50. The number of carboxylic acids is 1. The summed E-state index contributed by atoms with van der Waals surface area (Å²) in [5.41, 5.74) is 1.88. The van der Waals surface area contributed by atoms with Gasteiger partial charge in [0.15, 0.2) is 0 Å². The van der Waals surface area contributed by atoms with Crippen molar-refractivity contribution in [2.24, 2.45) is 0 Å². The molecule has 1 rings (SSSR count). The molecule has 100 valence electrons. The minimum absolute atomic E-state index is 0.0610. The van der Waals surface area contributed by atoms with Gasteiger partial charge in [-0.15, -0.1) is 0 Å². The highest BCUT2D eigenvalue weighted by Crippen LogP contribution is 2.09. The molecule has 1 aromatic carbocycles. The minimum atomic E-state index is -0.809. The van der Waals surface area contributed by atoms with E-state index in [1.54, 1.807) is 6.92 Å². The highest BCUT2D eigenvalue weighted by atomic mass is 16.4. The van der Waals surface area contributed by atoms with Crippen molar-refractivity contribution in [1.82, 2.24) is 5.32 Å². The van der Waals surface area contributed by atoms with E-state index in [-0.39, 0.29) is 12.5 Å². The van der Waals surface area contributed by atoms with Crippen LogP contribution >= 0.6 is 0 Å². The topological polar surface area (TPSA) is 69.6 Å². The smallest absolute Gasteiger partial charge is 0.307 e. The normalized spacial score (nSPS) is 12.3. The lowest BCUT2D eigenvalue weighted by atomic mass is 10.0. The summed E-state index contributed by atoms with van der Waals surface area (Å²) >= 11 is 0. The van der Waals surface area contributed by atoms with Gasteiger partial charge in [0, 0.05) is 6.54 Å². The monoisotopic (exact) mass is 251 g/mol. The van der Waals surface area contributed by atoms with Crippen molar-refractivity contribution in [3.05, 3.63) is 35.4 Å². The molecule has 1 aromatic rings. The number of carboxylic acid groups (broad SMARTS) is 1. The first-order valence-corrected chi connectivity index (χ1v) is 6.27. The maximum absolute atomic E-state index is 10.7. The number of nitrogens with one attached hydrogen (secondary N) is 1. The summed E-state index contributed by atoms with van der Waals surface area (Å²) in [6, 6.07) is 7.56. The standard InChI is InChI=1S/C14H21NO3/c1-11(16)5-4-8-15-10-13-7-3-2-6-12(13)9-14(17)18/h2-3,6-7,11,15-16H,4-5,8-10H2,1H3,(H,17,18). The maximum Gasteiger partial charge on any atom is 0.307 e. The van der Waals surface area contributed by atoms with Crippen LogP contribution in [0, 0.1) is 0 Å². The van der Waals surface area contributed by atoms with Gasteiger partial charge in [0.1, 0.15) is 0 Å². The van der Waals surface area contributed by atoms with Crippen LogP contribution in [0.3, 0.4) is 0 Å². The SMILES string of the molecule is CC(O)CCCNCc1ccccc1CC(=O)O. The Kier molecular flexibility index (Phi) is 6.39. The molecule has 0 radical (unpaired) electrons. The van der Waals surface area contributed by atoms with Gasteiger partial charge in [0.05, 0.1) is 12.5 Å². The quantitative estimate of drug-likeness (QED) is 0.613. The van der Waals surface area contributed by atoms with Crippen molar-refractivity contribution < 1.29 is 15.0 Å². The molecule has 0 aliphatic heterocycles. The van der Waals surface area contributed by atoms with E-state index in [1.807, 2.05) is 24.3 Å². The third-order valence-corrected chi connectivity index (χ3v) is 2.75. The first kappa shape index (κ1) is 14.7. The number of aliphatic hydroxyl groups excluding tert-OH is 1. The first-order valence-electron chi connectivity index (χ1n) is 6.27. The number of aliphatic carboxylic acids is 1. The molecule has 0 aliphatic carbocycles. The Hall–Kier alpha value is -1.39. The van der Waals surface area contributed by atoms with E-state index in [4.69, 9.17) is 10.2 Å². The van der Waals surface area contributed by atoms with Crippen LogP contribution in [0.2, 0.25) is 0 Å². The summed E-state index contributed by atoms with van der Waals surface area (Å²) in [5.74, 6) is -0.809. The van der Waals surface area contributed by atoms with Gasteiger partial charge in [-0.1, -0.05) is 24.3 Å². The molecule has 0 bridgehead atoms. The predicted molar refractivity (Wildman–Crippen MR) is 70.4 cm³/mol. The zero-order chi connectivity index (χ0) is 13.4. The zero-order valence-corrected chi connectivity index (χ0v) is 10.7. The Bertz CT molecular complexity index is 377. The Morgan fingerprint density at radius 2 is 2.00 bits per heavy atom. The van der Waals surface area contributed by atoms with Crippen LogP contribution < -0.4 is 5.32 Å². The number of aliphatic hydroxyl groups is 1. The first-order chi connectivity index (χ1) is 8.59. The summed E-state index contributed by atoms with van der Waals surface area (Å²) in [4.78, 5) is 10.7. The molecule has 3 N–H and O–H groups in total. The van der Waals surface area contributed by atoms with Crippen molar-refractivity contribution >= 4 is 5.97 Å². The van der Waals surface area contributed by atoms with Gasteiger partial charge in [-0.05, 0) is 37.4 Å². The van der Waals surface area contributed by atoms with Crippen LogP contribution in [0.25, 0.3) is 0 Å². The van der Waals surface area contributed by atoms with Gasteiger partial charge in [-0.3, -0.25) is 4.79 Å². The Labute approximate surface area is 108 Å². The average Bonchev–Trinajstić information content (AvgIpc) is 2.29. The fraction of sp³-hybridized carbons (Fsp3) is 0.500. The van der Waals surface area contributed by atoms with Gasteiger partial charge >= 0.3 is 5.97 Å². The number of hydrogen-bond acceptors (Lipinski definition) is 3. The molecule has 1 unspecified atom stereocenters. The Balaban J connectivity index is 2.39. The molecule has 0 saturated heterocycles. The molecule has 4 nitrogen and oxygen atoms in total. The predicted octanol–water partition coefficient (Wildman–Crippen LogP) is 1.56. The van der Waals surface area contributed by atoms with Gasteiger partial charge in [0.25, 0.3) is 0 Å². The van der Waals surface area contributed by atoms with E-state index in [0.29, 0.717) is 6.54 Å². The summed E-state index contributed by atoms with van der Waals surface area (Å²) < 4.78 is 0. The van der Waals surface area contributed by atoms with E-state index in [2.05, 4.69) is 5.32 Å². The lowest BCUT2D eigenvalue weighted by Crippen LogP contribution is -2.17. The van der Waals surface area contributed by atoms with Crippen molar-refractivity contribution in [3.8, 4) is 0 Å². The lowest BCUT2D eigenvalue weighted by Gasteiger charge is -2.09. The van der Waals surface area contributed by atoms with Crippen molar-refractivity contribution in [2.75, 3.05) is 6.54 Å². The summed E-state index contributed by atoms with van der Waals surface area (Å²) in [6.45, 7) is 3.28. The van der Waals surface area contributed by atoms with Crippen molar-refractivity contribution in [2.45, 2.75) is 38.8 Å². The molecule has 0 aliphatic rings. The number of rotatable bonds is 8. The summed E-state index contributed by atoms with van der Waals surface area (Å²) in [7, 11) is 0. The van der Waals surface area contributed by atoms with Crippen LogP contribution in [-0.2, 0) is 17.8 Å². The highest BCUT2D eigenvalue weighted by Gasteiger charge is 2.05. The molecule has 18 heavy (non-hydrogen) atoms. The minimum Gasteiger partial charge on any atom is -0.481 e. The second-order valence-corrected chi connectivity index (χ2v) is 4.51. The fourth-order valence-corrected chi connectivity index (χ4v) is 1.81. The van der Waals surface area contributed by atoms with Crippen LogP contribution in [0.1, 0.15) is 30.9 Å².